The van der Waals surface area contributed by atoms with Crippen LogP contribution in [0, 0.1) is 0 Å². The molecule has 0 N–H and O–H groups in total. The highest BCUT2D eigenvalue weighted by molar-refractivity contribution is 6.23. The van der Waals surface area contributed by atoms with Crippen molar-refractivity contribution >= 4 is 49.9 Å². The van der Waals surface area contributed by atoms with Gasteiger partial charge in [0.2, 0.25) is 0 Å². The Morgan fingerprint density at radius 1 is 0.271 bits per heavy atom. The van der Waals surface area contributed by atoms with Crippen LogP contribution in [0.4, 0.5) is 17.1 Å². The molecule has 0 aliphatic carbocycles. The molecular formula is C56H39N3. The molecular weight excluding hydrogens is 715 g/mol. The van der Waals surface area contributed by atoms with Crippen LogP contribution >= 0.6 is 0 Å². The van der Waals surface area contributed by atoms with Crippen molar-refractivity contribution in [1.82, 2.24) is 9.13 Å². The van der Waals surface area contributed by atoms with Crippen LogP contribution in [-0.2, 0) is 0 Å². The smallest absolute Gasteiger partial charge is 0.131 e. The van der Waals surface area contributed by atoms with Crippen LogP contribution in [0.15, 0.2) is 237 Å². The van der Waals surface area contributed by atoms with Gasteiger partial charge in [-0.2, -0.15) is 0 Å². The molecule has 11 aromatic rings. The summed E-state index contributed by atoms with van der Waals surface area (Å²) in [6.45, 7) is 0. The average Bonchev–Trinajstić information content (AvgIpc) is 3.83. The van der Waals surface area contributed by atoms with Gasteiger partial charge in [-0.3, -0.25) is 9.13 Å². The minimum atomic E-state index is 1.08. The Kier molecular flexibility index (Phi) is 8.49. The van der Waals surface area contributed by atoms with Crippen molar-refractivity contribution in [3.8, 4) is 44.8 Å². The molecule has 0 bridgehead atoms. The first-order valence-electron chi connectivity index (χ1n) is 20.2. The van der Waals surface area contributed by atoms with E-state index in [-0.39, 0.29) is 0 Å². The molecule has 0 saturated carbocycles. The van der Waals surface area contributed by atoms with E-state index in [0.29, 0.717) is 0 Å². The van der Waals surface area contributed by atoms with Crippen LogP contribution in [0.5, 0.6) is 0 Å². The summed E-state index contributed by atoms with van der Waals surface area (Å²) in [5.74, 6) is 0. The molecule has 0 unspecified atom stereocenters. The molecule has 2 aromatic heterocycles. The van der Waals surface area contributed by atoms with Gasteiger partial charge in [0.1, 0.15) is 5.65 Å². The zero-order valence-electron chi connectivity index (χ0n) is 32.4. The molecule has 11 rings (SSSR count). The number of nitrogens with zero attached hydrogens (tertiary/aromatic N) is 3. The summed E-state index contributed by atoms with van der Waals surface area (Å²) < 4.78 is 4.87. The maximum Gasteiger partial charge on any atom is 0.131 e. The fourth-order valence-electron chi connectivity index (χ4n) is 8.72. The van der Waals surface area contributed by atoms with E-state index in [9.17, 15) is 0 Å². The Bertz CT molecular complexity index is 3120. The third-order valence-corrected chi connectivity index (χ3v) is 11.5. The van der Waals surface area contributed by atoms with Gasteiger partial charge in [-0.15, -0.1) is 0 Å². The van der Waals surface area contributed by atoms with Gasteiger partial charge >= 0.3 is 0 Å². The van der Waals surface area contributed by atoms with Crippen LogP contribution in [0.3, 0.4) is 0 Å². The maximum absolute atomic E-state index is 2.45. The van der Waals surface area contributed by atoms with Crippen LogP contribution in [0.2, 0.25) is 0 Å². The summed E-state index contributed by atoms with van der Waals surface area (Å²) in [4.78, 5) is 2.35. The number of hydrogen-bond acceptors (Lipinski definition) is 1. The highest BCUT2D eigenvalue weighted by atomic mass is 15.2. The van der Waals surface area contributed by atoms with E-state index in [1.165, 1.54) is 60.6 Å². The van der Waals surface area contributed by atoms with Crippen molar-refractivity contribution < 1.29 is 0 Å². The molecule has 59 heavy (non-hydrogen) atoms. The summed E-state index contributed by atoms with van der Waals surface area (Å²) >= 11 is 0. The molecule has 0 spiro atoms. The summed E-state index contributed by atoms with van der Waals surface area (Å²) in [6, 6.07) is 85.2. The molecule has 0 fully saturated rings. The van der Waals surface area contributed by atoms with Crippen molar-refractivity contribution in [2.45, 2.75) is 0 Å². The second-order valence-corrected chi connectivity index (χ2v) is 15.0. The summed E-state index contributed by atoms with van der Waals surface area (Å²) in [5, 5.41) is 3.72. The molecule has 278 valence electrons. The summed E-state index contributed by atoms with van der Waals surface area (Å²) in [6.07, 6.45) is 0. The Morgan fingerprint density at radius 3 is 1.17 bits per heavy atom. The summed E-state index contributed by atoms with van der Waals surface area (Å²) in [5.41, 5.74) is 16.2. The number of aromatic nitrogens is 2. The fourth-order valence-corrected chi connectivity index (χ4v) is 8.72. The quantitative estimate of drug-likeness (QED) is 0.151. The van der Waals surface area contributed by atoms with E-state index in [2.05, 4.69) is 251 Å². The van der Waals surface area contributed by atoms with Crippen LogP contribution in [-0.4, -0.2) is 9.13 Å². The molecule has 0 aliphatic heterocycles. The van der Waals surface area contributed by atoms with Gasteiger partial charge in [0.05, 0.1) is 11.0 Å². The zero-order valence-corrected chi connectivity index (χ0v) is 32.4. The van der Waals surface area contributed by atoms with E-state index in [0.717, 1.165) is 34.1 Å². The SMILES string of the molecule is c1ccc(-c2ccc(N(c3ccc(-c4ccccc4)cc3)c3ccc(-n4c5ccc(-c6ccccc6)cc5c5c6ccccc6n(-c6ccccc6)c54)cc3)cc2)cc1. The van der Waals surface area contributed by atoms with E-state index < -0.39 is 0 Å². The molecule has 0 aliphatic rings. The zero-order chi connectivity index (χ0) is 39.1. The van der Waals surface area contributed by atoms with Gasteiger partial charge in [0.15, 0.2) is 0 Å². The molecule has 3 nitrogen and oxygen atoms in total. The molecule has 9 aromatic carbocycles. The lowest BCUT2D eigenvalue weighted by Gasteiger charge is -2.26. The largest absolute Gasteiger partial charge is 0.311 e. The normalized spacial score (nSPS) is 11.4. The molecule has 2 heterocycles. The molecule has 0 atom stereocenters. The Hall–Kier alpha value is -7.88. The lowest BCUT2D eigenvalue weighted by atomic mass is 10.0. The van der Waals surface area contributed by atoms with Crippen LogP contribution in [0.25, 0.3) is 77.6 Å². The van der Waals surface area contributed by atoms with Gasteiger partial charge in [0.25, 0.3) is 0 Å². The van der Waals surface area contributed by atoms with Gasteiger partial charge < -0.3 is 4.90 Å². The maximum atomic E-state index is 2.45. The van der Waals surface area contributed by atoms with Gasteiger partial charge in [0, 0.05) is 44.6 Å². The highest BCUT2D eigenvalue weighted by Gasteiger charge is 2.23. The summed E-state index contributed by atoms with van der Waals surface area (Å²) in [7, 11) is 0. The van der Waals surface area contributed by atoms with Crippen molar-refractivity contribution in [3.05, 3.63) is 237 Å². The number of anilines is 3. The Morgan fingerprint density at radius 2 is 0.644 bits per heavy atom. The third kappa shape index (κ3) is 6.08. The van der Waals surface area contributed by atoms with Crippen LogP contribution < -0.4 is 4.90 Å². The molecule has 3 heteroatoms. The number of fused-ring (bicyclic) bond motifs is 5. The molecule has 0 saturated heterocycles. The minimum Gasteiger partial charge on any atom is -0.311 e. The van der Waals surface area contributed by atoms with Gasteiger partial charge in [-0.05, 0) is 112 Å². The van der Waals surface area contributed by atoms with Crippen molar-refractivity contribution in [2.75, 3.05) is 4.90 Å². The molecule has 0 radical (unpaired) electrons. The number of para-hydroxylation sites is 2. The van der Waals surface area contributed by atoms with E-state index >= 15 is 0 Å². The fraction of sp³-hybridized carbons (Fsp3) is 0. The monoisotopic (exact) mass is 753 g/mol. The van der Waals surface area contributed by atoms with Crippen molar-refractivity contribution in [1.29, 1.82) is 0 Å². The first-order chi connectivity index (χ1) is 29.3. The first kappa shape index (κ1) is 34.4. The Labute approximate surface area is 343 Å². The van der Waals surface area contributed by atoms with E-state index in [1.807, 2.05) is 0 Å². The predicted molar refractivity (Wildman–Crippen MR) is 249 cm³/mol. The van der Waals surface area contributed by atoms with Crippen molar-refractivity contribution in [3.63, 3.8) is 0 Å². The highest BCUT2D eigenvalue weighted by Crippen LogP contribution is 2.43. The first-order valence-corrected chi connectivity index (χ1v) is 20.2. The van der Waals surface area contributed by atoms with Crippen LogP contribution in [0.1, 0.15) is 0 Å². The second kappa shape index (κ2) is 14.6. The van der Waals surface area contributed by atoms with Gasteiger partial charge in [-0.25, -0.2) is 0 Å². The topological polar surface area (TPSA) is 13.1 Å². The predicted octanol–water partition coefficient (Wildman–Crippen LogP) is 15.2. The Balaban J connectivity index is 1.09. The standard InChI is InChI=1S/C56H39N3/c1-5-15-40(16-6-1)43-25-30-47(31-26-43)57(48-32-27-44(28-33-48)41-17-7-2-8-18-41)49-34-36-50(37-35-49)59-54-38-29-45(42-19-9-3-10-20-42)39-52(54)55-51-23-13-14-24-53(51)58(56(55)59)46-21-11-4-12-22-46/h1-39H. The number of benzene rings is 9. The van der Waals surface area contributed by atoms with Gasteiger partial charge in [-0.1, -0.05) is 158 Å². The average molecular weight is 754 g/mol. The van der Waals surface area contributed by atoms with Crippen molar-refractivity contribution in [2.24, 2.45) is 0 Å². The number of rotatable bonds is 8. The molecule has 0 amide bonds. The van der Waals surface area contributed by atoms with E-state index in [1.54, 1.807) is 0 Å². The second-order valence-electron chi connectivity index (χ2n) is 15.0. The lowest BCUT2D eigenvalue weighted by Crippen LogP contribution is -2.10. The minimum absolute atomic E-state index is 1.08. The number of hydrogen-bond donors (Lipinski definition) is 0. The lowest BCUT2D eigenvalue weighted by molar-refractivity contribution is 1.07. The third-order valence-electron chi connectivity index (χ3n) is 11.5. The van der Waals surface area contributed by atoms with E-state index in [4.69, 9.17) is 0 Å².